The van der Waals surface area contributed by atoms with Crippen molar-refractivity contribution < 1.29 is 4.74 Å². The molecule has 33 heavy (non-hydrogen) atoms. The highest BCUT2D eigenvalue weighted by Crippen LogP contribution is 2.28. The fraction of sp³-hybridized carbons (Fsp3) is 0.292. The average Bonchev–Trinajstić information content (AvgIpc) is 3.33. The lowest BCUT2D eigenvalue weighted by molar-refractivity contribution is 0.307. The fourth-order valence-corrected chi connectivity index (χ4v) is 4.80. The molecule has 0 aliphatic carbocycles. The Balaban J connectivity index is 1.61. The molecule has 0 fully saturated rings. The zero-order valence-corrected chi connectivity index (χ0v) is 20.8. The summed E-state index contributed by atoms with van der Waals surface area (Å²) in [6.45, 7) is 3.44. The van der Waals surface area contributed by atoms with Gasteiger partial charge in [0.2, 0.25) is 0 Å². The fourth-order valence-electron chi connectivity index (χ4n) is 3.67. The van der Waals surface area contributed by atoms with Gasteiger partial charge in [0.25, 0.3) is 0 Å². The Bertz CT molecular complexity index is 1240. The summed E-state index contributed by atoms with van der Waals surface area (Å²) < 4.78 is 9.41. The summed E-state index contributed by atoms with van der Waals surface area (Å²) >= 11 is 7.79. The minimum Gasteiger partial charge on any atom is -0.497 e. The van der Waals surface area contributed by atoms with Crippen LogP contribution < -0.4 is 4.74 Å². The van der Waals surface area contributed by atoms with E-state index >= 15 is 0 Å². The van der Waals surface area contributed by atoms with Crippen molar-refractivity contribution in [3.8, 4) is 11.4 Å². The van der Waals surface area contributed by atoms with Crippen LogP contribution in [-0.2, 0) is 25.9 Å². The number of aryl methyl sites for hydroxylation is 2. The molecule has 0 saturated carbocycles. The van der Waals surface area contributed by atoms with Crippen molar-refractivity contribution in [3.05, 3.63) is 82.4 Å². The highest BCUT2D eigenvalue weighted by Gasteiger charge is 2.18. The molecule has 4 rings (SSSR count). The van der Waals surface area contributed by atoms with Crippen LogP contribution in [0, 0.1) is 6.92 Å². The number of hydrogen-bond donors (Lipinski definition) is 0. The van der Waals surface area contributed by atoms with Crippen molar-refractivity contribution in [2.45, 2.75) is 30.9 Å². The quantitative estimate of drug-likeness (QED) is 0.316. The molecule has 4 aromatic rings. The average molecular weight is 483 g/mol. The van der Waals surface area contributed by atoms with Gasteiger partial charge in [-0.2, -0.15) is 5.10 Å². The van der Waals surface area contributed by atoms with Gasteiger partial charge >= 0.3 is 0 Å². The molecule has 0 aliphatic heterocycles. The predicted molar refractivity (Wildman–Crippen MR) is 132 cm³/mol. The summed E-state index contributed by atoms with van der Waals surface area (Å²) in [5, 5.41) is 15.1. The van der Waals surface area contributed by atoms with Crippen molar-refractivity contribution in [2.75, 3.05) is 14.2 Å². The van der Waals surface area contributed by atoms with Gasteiger partial charge in [-0.3, -0.25) is 14.1 Å². The second-order valence-corrected chi connectivity index (χ2v) is 9.32. The standard InChI is InChI=1S/C24H27ClN6OS/c1-17-19(14-30(3)28-17)13-29(2)15-23-26-27-24(33-16-18-7-5-8-20(25)11-18)31(23)21-9-6-10-22(12-21)32-4/h5-12,14H,13,15-16H2,1-4H3. The Morgan fingerprint density at radius 3 is 2.64 bits per heavy atom. The molecule has 0 atom stereocenters. The second kappa shape index (κ2) is 10.4. The zero-order valence-electron chi connectivity index (χ0n) is 19.2. The number of aromatic nitrogens is 5. The molecule has 9 heteroatoms. The van der Waals surface area contributed by atoms with Gasteiger partial charge in [0.05, 0.1) is 25.0 Å². The van der Waals surface area contributed by atoms with E-state index in [0.29, 0.717) is 6.54 Å². The van der Waals surface area contributed by atoms with Crippen molar-refractivity contribution in [3.63, 3.8) is 0 Å². The third-order valence-corrected chi connectivity index (χ3v) is 6.47. The minimum absolute atomic E-state index is 0.635. The number of hydrogen-bond acceptors (Lipinski definition) is 6. The molecule has 172 valence electrons. The summed E-state index contributed by atoms with van der Waals surface area (Å²) in [5.41, 5.74) is 4.34. The molecule has 0 N–H and O–H groups in total. The monoisotopic (exact) mass is 482 g/mol. The molecule has 0 amide bonds. The van der Waals surface area contributed by atoms with Gasteiger partial charge in [0, 0.05) is 42.2 Å². The third kappa shape index (κ3) is 5.76. The molecule has 7 nitrogen and oxygen atoms in total. The summed E-state index contributed by atoms with van der Waals surface area (Å²) in [6, 6.07) is 15.8. The molecule has 2 heterocycles. The normalized spacial score (nSPS) is 11.3. The third-order valence-electron chi connectivity index (χ3n) is 5.24. The lowest BCUT2D eigenvalue weighted by Crippen LogP contribution is -2.20. The lowest BCUT2D eigenvalue weighted by Gasteiger charge is -2.17. The molecular weight excluding hydrogens is 456 g/mol. The first-order valence-electron chi connectivity index (χ1n) is 10.6. The van der Waals surface area contributed by atoms with E-state index in [9.17, 15) is 0 Å². The van der Waals surface area contributed by atoms with Crippen LogP contribution in [0.2, 0.25) is 5.02 Å². The van der Waals surface area contributed by atoms with Crippen molar-refractivity contribution in [2.24, 2.45) is 7.05 Å². The molecule has 0 bridgehead atoms. The number of rotatable bonds is 9. The summed E-state index contributed by atoms with van der Waals surface area (Å²) in [7, 11) is 5.69. The van der Waals surface area contributed by atoms with Crippen LogP contribution in [0.15, 0.2) is 59.9 Å². The number of benzene rings is 2. The van der Waals surface area contributed by atoms with Crippen LogP contribution in [0.3, 0.4) is 0 Å². The van der Waals surface area contributed by atoms with E-state index in [4.69, 9.17) is 16.3 Å². The number of nitrogens with zero attached hydrogens (tertiary/aromatic N) is 6. The molecule has 0 radical (unpaired) electrons. The second-order valence-electron chi connectivity index (χ2n) is 7.94. The molecule has 0 saturated heterocycles. The van der Waals surface area contributed by atoms with Crippen LogP contribution in [0.4, 0.5) is 0 Å². The number of halogens is 1. The van der Waals surface area contributed by atoms with Gasteiger partial charge in [0.1, 0.15) is 5.75 Å². The van der Waals surface area contributed by atoms with E-state index in [2.05, 4.69) is 44.1 Å². The Hall–Kier alpha value is -2.81. The van der Waals surface area contributed by atoms with Crippen molar-refractivity contribution >= 4 is 23.4 Å². The first-order valence-corrected chi connectivity index (χ1v) is 11.9. The summed E-state index contributed by atoms with van der Waals surface area (Å²) in [6.07, 6.45) is 2.06. The van der Waals surface area contributed by atoms with Crippen LogP contribution in [0.25, 0.3) is 5.69 Å². The topological polar surface area (TPSA) is 61.0 Å². The molecule has 0 aliphatic rings. The number of thioether (sulfide) groups is 1. The Morgan fingerprint density at radius 1 is 1.09 bits per heavy atom. The first kappa shape index (κ1) is 23.4. The van der Waals surface area contributed by atoms with Gasteiger partial charge in [-0.25, -0.2) is 0 Å². The zero-order chi connectivity index (χ0) is 23.4. The maximum absolute atomic E-state index is 6.16. The highest BCUT2D eigenvalue weighted by molar-refractivity contribution is 7.98. The van der Waals surface area contributed by atoms with E-state index in [1.54, 1.807) is 18.9 Å². The Kier molecular flexibility index (Phi) is 7.37. The van der Waals surface area contributed by atoms with Crippen LogP contribution in [-0.4, -0.2) is 43.6 Å². The summed E-state index contributed by atoms with van der Waals surface area (Å²) in [4.78, 5) is 2.22. The molecular formula is C24H27ClN6OS. The predicted octanol–water partition coefficient (Wildman–Crippen LogP) is 4.90. The van der Waals surface area contributed by atoms with Gasteiger partial charge in [0.15, 0.2) is 11.0 Å². The van der Waals surface area contributed by atoms with E-state index in [1.807, 2.05) is 61.1 Å². The molecule has 0 spiro atoms. The molecule has 2 aromatic heterocycles. The van der Waals surface area contributed by atoms with E-state index < -0.39 is 0 Å². The first-order chi connectivity index (χ1) is 15.9. The van der Waals surface area contributed by atoms with Gasteiger partial charge in [-0.05, 0) is 43.8 Å². The Morgan fingerprint density at radius 2 is 1.91 bits per heavy atom. The van der Waals surface area contributed by atoms with Gasteiger partial charge in [-0.1, -0.05) is 41.6 Å². The van der Waals surface area contributed by atoms with Gasteiger partial charge < -0.3 is 4.74 Å². The van der Waals surface area contributed by atoms with E-state index in [0.717, 1.165) is 51.0 Å². The maximum atomic E-state index is 6.16. The number of methoxy groups -OCH3 is 1. The van der Waals surface area contributed by atoms with Crippen LogP contribution >= 0.6 is 23.4 Å². The smallest absolute Gasteiger partial charge is 0.196 e. The van der Waals surface area contributed by atoms with Crippen LogP contribution in [0.1, 0.15) is 22.6 Å². The maximum Gasteiger partial charge on any atom is 0.196 e. The Labute approximate surface area is 203 Å². The van der Waals surface area contributed by atoms with Gasteiger partial charge in [-0.15, -0.1) is 10.2 Å². The van der Waals surface area contributed by atoms with Crippen molar-refractivity contribution in [1.29, 1.82) is 0 Å². The molecule has 2 aromatic carbocycles. The van der Waals surface area contributed by atoms with Crippen LogP contribution in [0.5, 0.6) is 5.75 Å². The SMILES string of the molecule is COc1cccc(-n2c(CN(C)Cc3cn(C)nc3C)nnc2SCc2cccc(Cl)c2)c1. The van der Waals surface area contributed by atoms with E-state index in [1.165, 1.54) is 5.56 Å². The minimum atomic E-state index is 0.635. The van der Waals surface area contributed by atoms with Crippen molar-refractivity contribution in [1.82, 2.24) is 29.4 Å². The summed E-state index contributed by atoms with van der Waals surface area (Å²) in [5.74, 6) is 2.39. The number of ether oxygens (including phenoxy) is 1. The van der Waals surface area contributed by atoms with E-state index in [-0.39, 0.29) is 0 Å². The highest BCUT2D eigenvalue weighted by atomic mass is 35.5. The molecule has 0 unspecified atom stereocenters. The lowest BCUT2D eigenvalue weighted by atomic mass is 10.2. The largest absolute Gasteiger partial charge is 0.497 e.